The van der Waals surface area contributed by atoms with Gasteiger partial charge < -0.3 is 14.9 Å². The first-order chi connectivity index (χ1) is 8.81. The van der Waals surface area contributed by atoms with Crippen molar-refractivity contribution in [2.75, 3.05) is 26.1 Å². The van der Waals surface area contributed by atoms with Crippen LogP contribution in [0.5, 0.6) is 5.75 Å². The van der Waals surface area contributed by atoms with E-state index in [0.29, 0.717) is 0 Å². The summed E-state index contributed by atoms with van der Waals surface area (Å²) in [5, 5.41) is 17.4. The maximum absolute atomic E-state index is 8.73. The second kappa shape index (κ2) is 8.87. The molecule has 18 heavy (non-hydrogen) atoms. The van der Waals surface area contributed by atoms with Crippen molar-refractivity contribution in [1.29, 1.82) is 0 Å². The van der Waals surface area contributed by atoms with Crippen LogP contribution in [0.1, 0.15) is 17.5 Å². The van der Waals surface area contributed by atoms with Gasteiger partial charge in [-0.3, -0.25) is 0 Å². The lowest BCUT2D eigenvalue weighted by Crippen LogP contribution is -1.93. The molecule has 0 aliphatic carbocycles. The smallest absolute Gasteiger partial charge is 0.122 e. The molecular weight excluding hydrogens is 248 g/mol. The Bertz CT molecular complexity index is 421. The molecular formula is C14H18O3S. The fourth-order valence-electron chi connectivity index (χ4n) is 1.46. The largest absolute Gasteiger partial charge is 0.496 e. The van der Waals surface area contributed by atoms with E-state index in [1.54, 1.807) is 18.9 Å². The van der Waals surface area contributed by atoms with Gasteiger partial charge in [-0.2, -0.15) is 11.8 Å². The fraction of sp³-hybridized carbons (Fsp3) is 0.429. The Morgan fingerprint density at radius 1 is 1.33 bits per heavy atom. The summed E-state index contributed by atoms with van der Waals surface area (Å²) in [5.41, 5.74) is 1.97. The summed E-state index contributed by atoms with van der Waals surface area (Å²) in [5.74, 6) is 8.12. The molecule has 0 amide bonds. The molecule has 0 unspecified atom stereocenters. The minimum Gasteiger partial charge on any atom is -0.496 e. The molecule has 1 aromatic carbocycles. The lowest BCUT2D eigenvalue weighted by Gasteiger charge is -2.08. The van der Waals surface area contributed by atoms with E-state index in [1.807, 2.05) is 18.2 Å². The van der Waals surface area contributed by atoms with Gasteiger partial charge in [0.2, 0.25) is 0 Å². The van der Waals surface area contributed by atoms with Crippen molar-refractivity contribution in [1.82, 2.24) is 0 Å². The zero-order valence-electron chi connectivity index (χ0n) is 10.5. The van der Waals surface area contributed by atoms with E-state index in [1.165, 1.54) is 0 Å². The summed E-state index contributed by atoms with van der Waals surface area (Å²) in [6.45, 7) is 0.0960. The Labute approximate surface area is 112 Å². The third-order valence-corrected chi connectivity index (χ3v) is 3.39. The Morgan fingerprint density at radius 2 is 2.17 bits per heavy atom. The average molecular weight is 266 g/mol. The van der Waals surface area contributed by atoms with Crippen molar-refractivity contribution < 1.29 is 14.9 Å². The summed E-state index contributed by atoms with van der Waals surface area (Å²) in [4.78, 5) is 0. The van der Waals surface area contributed by atoms with E-state index in [-0.39, 0.29) is 13.2 Å². The number of methoxy groups -OCH3 is 1. The van der Waals surface area contributed by atoms with Crippen LogP contribution in [0.15, 0.2) is 18.2 Å². The van der Waals surface area contributed by atoms with Crippen LogP contribution in [-0.4, -0.2) is 36.3 Å². The number of ether oxygens (including phenoxy) is 1. The van der Waals surface area contributed by atoms with Gasteiger partial charge >= 0.3 is 0 Å². The topological polar surface area (TPSA) is 49.7 Å². The zero-order valence-corrected chi connectivity index (χ0v) is 11.3. The van der Waals surface area contributed by atoms with E-state index in [0.717, 1.165) is 34.8 Å². The maximum atomic E-state index is 8.73. The second-order valence-corrected chi connectivity index (χ2v) is 4.72. The SMILES string of the molecule is COc1ccc(C#CCO)cc1CSCCCO. The predicted molar refractivity (Wildman–Crippen MR) is 74.8 cm³/mol. The molecule has 0 fully saturated rings. The Balaban J connectivity index is 2.72. The normalized spacial score (nSPS) is 9.72. The molecule has 4 heteroatoms. The highest BCUT2D eigenvalue weighted by Gasteiger charge is 2.03. The Kier molecular flexibility index (Phi) is 7.35. The molecule has 0 heterocycles. The molecule has 0 aliphatic heterocycles. The first kappa shape index (κ1) is 14.9. The average Bonchev–Trinajstić information content (AvgIpc) is 2.41. The minimum atomic E-state index is -0.132. The highest BCUT2D eigenvalue weighted by Crippen LogP contribution is 2.24. The monoisotopic (exact) mass is 266 g/mol. The molecule has 0 bridgehead atoms. The van der Waals surface area contributed by atoms with Crippen molar-refractivity contribution >= 4 is 11.8 Å². The highest BCUT2D eigenvalue weighted by atomic mass is 32.2. The van der Waals surface area contributed by atoms with Crippen LogP contribution in [0.2, 0.25) is 0 Å². The van der Waals surface area contributed by atoms with Gasteiger partial charge in [0.1, 0.15) is 12.4 Å². The van der Waals surface area contributed by atoms with Crippen LogP contribution in [0, 0.1) is 11.8 Å². The Hall–Kier alpha value is -1.15. The van der Waals surface area contributed by atoms with Gasteiger partial charge in [-0.1, -0.05) is 11.8 Å². The summed E-state index contributed by atoms with van der Waals surface area (Å²) >= 11 is 1.76. The van der Waals surface area contributed by atoms with Crippen LogP contribution < -0.4 is 4.74 Å². The predicted octanol–water partition coefficient (Wildman–Crippen LogP) is 1.65. The molecule has 0 saturated carbocycles. The molecule has 98 valence electrons. The van der Waals surface area contributed by atoms with E-state index in [4.69, 9.17) is 14.9 Å². The van der Waals surface area contributed by atoms with Gasteiger partial charge in [0.05, 0.1) is 7.11 Å². The Morgan fingerprint density at radius 3 is 2.83 bits per heavy atom. The standard InChI is InChI=1S/C14H18O3S/c1-17-14-6-5-12(4-2-7-15)10-13(14)11-18-9-3-8-16/h5-6,10,15-16H,3,7-9,11H2,1H3. The van der Waals surface area contributed by atoms with E-state index >= 15 is 0 Å². The van der Waals surface area contributed by atoms with Crippen molar-refractivity contribution in [2.24, 2.45) is 0 Å². The van der Waals surface area contributed by atoms with Gasteiger partial charge in [-0.15, -0.1) is 0 Å². The molecule has 0 aliphatic rings. The fourth-order valence-corrected chi connectivity index (χ4v) is 2.38. The highest BCUT2D eigenvalue weighted by molar-refractivity contribution is 7.98. The van der Waals surface area contributed by atoms with Crippen molar-refractivity contribution in [3.05, 3.63) is 29.3 Å². The number of hydrogen-bond acceptors (Lipinski definition) is 4. The van der Waals surface area contributed by atoms with Gasteiger partial charge in [-0.25, -0.2) is 0 Å². The van der Waals surface area contributed by atoms with E-state index < -0.39 is 0 Å². The first-order valence-electron chi connectivity index (χ1n) is 5.77. The molecule has 2 N–H and O–H groups in total. The molecule has 0 spiro atoms. The molecule has 1 rings (SSSR count). The van der Waals surface area contributed by atoms with Crippen LogP contribution in [0.4, 0.5) is 0 Å². The summed E-state index contributed by atoms with van der Waals surface area (Å²) in [6, 6.07) is 5.75. The second-order valence-electron chi connectivity index (χ2n) is 3.62. The van der Waals surface area contributed by atoms with Crippen LogP contribution in [0.3, 0.4) is 0 Å². The third kappa shape index (κ3) is 5.01. The third-order valence-electron chi connectivity index (χ3n) is 2.30. The van der Waals surface area contributed by atoms with Crippen molar-refractivity contribution in [3.8, 4) is 17.6 Å². The lowest BCUT2D eigenvalue weighted by molar-refractivity contribution is 0.296. The molecule has 0 aromatic heterocycles. The first-order valence-corrected chi connectivity index (χ1v) is 6.92. The number of aliphatic hydroxyl groups excluding tert-OH is 2. The van der Waals surface area contributed by atoms with Gasteiger partial charge in [0.25, 0.3) is 0 Å². The summed E-state index contributed by atoms with van der Waals surface area (Å²) in [6.07, 6.45) is 0.803. The number of benzene rings is 1. The van der Waals surface area contributed by atoms with Gasteiger partial charge in [-0.05, 0) is 30.4 Å². The quantitative estimate of drug-likeness (QED) is 0.607. The van der Waals surface area contributed by atoms with Crippen LogP contribution in [-0.2, 0) is 5.75 Å². The number of thioether (sulfide) groups is 1. The summed E-state index contributed by atoms with van der Waals surface area (Å²) in [7, 11) is 1.65. The molecule has 0 saturated heterocycles. The molecule has 1 aromatic rings. The summed E-state index contributed by atoms with van der Waals surface area (Å²) < 4.78 is 5.30. The lowest BCUT2D eigenvalue weighted by atomic mass is 10.1. The number of aliphatic hydroxyl groups is 2. The van der Waals surface area contributed by atoms with E-state index in [2.05, 4.69) is 11.8 Å². The molecule has 0 atom stereocenters. The number of rotatable bonds is 6. The van der Waals surface area contributed by atoms with Gasteiger partial charge in [0, 0.05) is 23.5 Å². The van der Waals surface area contributed by atoms with E-state index in [9.17, 15) is 0 Å². The maximum Gasteiger partial charge on any atom is 0.122 e. The van der Waals surface area contributed by atoms with Crippen molar-refractivity contribution in [2.45, 2.75) is 12.2 Å². The van der Waals surface area contributed by atoms with Gasteiger partial charge in [0.15, 0.2) is 0 Å². The van der Waals surface area contributed by atoms with Crippen LogP contribution in [0.25, 0.3) is 0 Å². The minimum absolute atomic E-state index is 0.132. The van der Waals surface area contributed by atoms with Crippen LogP contribution >= 0.6 is 11.8 Å². The van der Waals surface area contributed by atoms with Crippen molar-refractivity contribution in [3.63, 3.8) is 0 Å². The molecule has 3 nitrogen and oxygen atoms in total. The zero-order chi connectivity index (χ0) is 13.2. The molecule has 0 radical (unpaired) electrons. The number of hydrogen-bond donors (Lipinski definition) is 2.